The zero-order chi connectivity index (χ0) is 20.2. The topological polar surface area (TPSA) is 75.7 Å². The quantitative estimate of drug-likeness (QED) is 0.769. The minimum Gasteiger partial charge on any atom is -0.497 e. The predicted octanol–water partition coefficient (Wildman–Crippen LogP) is 2.89. The Hall–Kier alpha value is -1.60. The second-order valence-corrected chi connectivity index (χ2v) is 9.84. The molecule has 6 nitrogen and oxygen atoms in total. The fourth-order valence-electron chi connectivity index (χ4n) is 3.66. The second kappa shape index (κ2) is 9.06. The number of nitrogens with one attached hydrogen (secondary N) is 1. The van der Waals surface area contributed by atoms with Crippen LogP contribution in [0.5, 0.6) is 5.75 Å². The molecular weight excluding hydrogens is 364 g/mol. The molecule has 1 aromatic rings. The van der Waals surface area contributed by atoms with Gasteiger partial charge in [-0.05, 0) is 48.9 Å². The van der Waals surface area contributed by atoms with Gasteiger partial charge in [0.15, 0.2) is 0 Å². The summed E-state index contributed by atoms with van der Waals surface area (Å²) in [6, 6.07) is 6.45. The number of amides is 1. The van der Waals surface area contributed by atoms with Crippen molar-refractivity contribution in [3.8, 4) is 5.75 Å². The van der Waals surface area contributed by atoms with Crippen LogP contribution in [0, 0.1) is 17.8 Å². The monoisotopic (exact) mass is 396 g/mol. The molecule has 7 heteroatoms. The summed E-state index contributed by atoms with van der Waals surface area (Å²) in [4.78, 5) is 13.0. The summed E-state index contributed by atoms with van der Waals surface area (Å²) in [6.45, 7) is 9.02. The fraction of sp³-hybridized carbons (Fsp3) is 0.650. The van der Waals surface area contributed by atoms with Crippen molar-refractivity contribution >= 4 is 15.9 Å². The number of hydrogen-bond donors (Lipinski definition) is 1. The van der Waals surface area contributed by atoms with E-state index in [1.807, 2.05) is 0 Å². The summed E-state index contributed by atoms with van der Waals surface area (Å²) in [5, 5.41) is 3.14. The Kier molecular flexibility index (Phi) is 7.28. The number of methoxy groups -OCH3 is 1. The molecule has 1 fully saturated rings. The zero-order valence-corrected chi connectivity index (χ0v) is 17.8. The molecule has 0 spiro atoms. The maximum absolute atomic E-state index is 12.9. The summed E-state index contributed by atoms with van der Waals surface area (Å²) in [5.74, 6) is 0.912. The molecular formula is C20H32N2O4S. The smallest absolute Gasteiger partial charge is 0.243 e. The SMILES string of the molecule is COc1ccc(S(=O)(=O)N2CCC[C@@H](C(=O)NC(C(C)C)C(C)C)C2)cc1. The molecule has 0 bridgehead atoms. The number of rotatable bonds is 7. The number of sulfonamides is 1. The lowest BCUT2D eigenvalue weighted by Gasteiger charge is -2.33. The van der Waals surface area contributed by atoms with Gasteiger partial charge in [0.05, 0.1) is 17.9 Å². The minimum atomic E-state index is -3.62. The summed E-state index contributed by atoms with van der Waals surface area (Å²) in [6.07, 6.45) is 1.39. The highest BCUT2D eigenvalue weighted by molar-refractivity contribution is 7.89. The van der Waals surface area contributed by atoms with E-state index in [0.717, 1.165) is 0 Å². The van der Waals surface area contributed by atoms with Gasteiger partial charge in [-0.2, -0.15) is 4.31 Å². The van der Waals surface area contributed by atoms with Gasteiger partial charge in [0.1, 0.15) is 5.75 Å². The normalized spacial score (nSPS) is 18.9. The Morgan fingerprint density at radius 1 is 1.15 bits per heavy atom. The first-order valence-electron chi connectivity index (χ1n) is 9.61. The molecule has 1 N–H and O–H groups in total. The van der Waals surface area contributed by atoms with Crippen LogP contribution in [0.1, 0.15) is 40.5 Å². The van der Waals surface area contributed by atoms with Gasteiger partial charge in [0.25, 0.3) is 0 Å². The Morgan fingerprint density at radius 3 is 2.26 bits per heavy atom. The van der Waals surface area contributed by atoms with Crippen molar-refractivity contribution in [3.63, 3.8) is 0 Å². The van der Waals surface area contributed by atoms with E-state index in [-0.39, 0.29) is 29.3 Å². The van der Waals surface area contributed by atoms with Gasteiger partial charge in [-0.1, -0.05) is 27.7 Å². The largest absolute Gasteiger partial charge is 0.497 e. The van der Waals surface area contributed by atoms with Crippen LogP contribution in [0.15, 0.2) is 29.2 Å². The first kappa shape index (κ1) is 21.7. The van der Waals surface area contributed by atoms with Gasteiger partial charge in [-0.3, -0.25) is 4.79 Å². The van der Waals surface area contributed by atoms with E-state index in [1.54, 1.807) is 31.4 Å². The number of benzene rings is 1. The Bertz CT molecular complexity index is 721. The molecule has 152 valence electrons. The lowest BCUT2D eigenvalue weighted by atomic mass is 9.91. The average molecular weight is 397 g/mol. The van der Waals surface area contributed by atoms with Crippen molar-refractivity contribution in [2.75, 3.05) is 20.2 Å². The van der Waals surface area contributed by atoms with E-state index in [0.29, 0.717) is 37.0 Å². The van der Waals surface area contributed by atoms with Gasteiger partial charge < -0.3 is 10.1 Å². The number of piperidine rings is 1. The van der Waals surface area contributed by atoms with E-state index in [9.17, 15) is 13.2 Å². The Balaban J connectivity index is 2.10. The third-order valence-corrected chi connectivity index (χ3v) is 7.08. The molecule has 1 aliphatic rings. The minimum absolute atomic E-state index is 0.0444. The van der Waals surface area contributed by atoms with Crippen molar-refractivity contribution in [2.24, 2.45) is 17.8 Å². The lowest BCUT2D eigenvalue weighted by molar-refractivity contribution is -0.127. The van der Waals surface area contributed by atoms with Crippen molar-refractivity contribution < 1.29 is 17.9 Å². The number of carbonyl (C=O) groups excluding carboxylic acids is 1. The van der Waals surface area contributed by atoms with Crippen LogP contribution in [0.2, 0.25) is 0 Å². The molecule has 1 amide bonds. The third-order valence-electron chi connectivity index (χ3n) is 5.20. The molecule has 1 aliphatic heterocycles. The van der Waals surface area contributed by atoms with Crippen LogP contribution in [0.3, 0.4) is 0 Å². The van der Waals surface area contributed by atoms with E-state index in [1.165, 1.54) is 4.31 Å². The van der Waals surface area contributed by atoms with Crippen LogP contribution >= 0.6 is 0 Å². The lowest BCUT2D eigenvalue weighted by Crippen LogP contribution is -2.49. The van der Waals surface area contributed by atoms with Gasteiger partial charge >= 0.3 is 0 Å². The molecule has 0 radical (unpaired) electrons. The predicted molar refractivity (Wildman–Crippen MR) is 106 cm³/mol. The second-order valence-electron chi connectivity index (χ2n) is 7.90. The van der Waals surface area contributed by atoms with Gasteiger partial charge in [0.2, 0.25) is 15.9 Å². The van der Waals surface area contributed by atoms with Crippen molar-refractivity contribution in [1.29, 1.82) is 0 Å². The Labute approximate surface area is 163 Å². The first-order valence-corrected chi connectivity index (χ1v) is 11.1. The van der Waals surface area contributed by atoms with E-state index >= 15 is 0 Å². The third kappa shape index (κ3) is 5.23. The first-order chi connectivity index (χ1) is 12.7. The van der Waals surface area contributed by atoms with Gasteiger partial charge in [-0.15, -0.1) is 0 Å². The van der Waals surface area contributed by atoms with Crippen LogP contribution in [0.4, 0.5) is 0 Å². The molecule has 1 heterocycles. The van der Waals surface area contributed by atoms with E-state index < -0.39 is 10.0 Å². The highest BCUT2D eigenvalue weighted by Gasteiger charge is 2.34. The number of nitrogens with zero attached hydrogens (tertiary/aromatic N) is 1. The number of hydrogen-bond acceptors (Lipinski definition) is 4. The summed E-state index contributed by atoms with van der Waals surface area (Å²) >= 11 is 0. The van der Waals surface area contributed by atoms with Crippen LogP contribution in [0.25, 0.3) is 0 Å². The van der Waals surface area contributed by atoms with Crippen molar-refractivity contribution in [2.45, 2.75) is 51.5 Å². The fourth-order valence-corrected chi connectivity index (χ4v) is 5.18. The molecule has 1 aromatic carbocycles. The maximum atomic E-state index is 12.9. The maximum Gasteiger partial charge on any atom is 0.243 e. The summed E-state index contributed by atoms with van der Waals surface area (Å²) in [5.41, 5.74) is 0. The standard InChI is InChI=1S/C20H32N2O4S/c1-14(2)19(15(3)4)21-20(23)16-7-6-12-22(13-16)27(24,25)18-10-8-17(26-5)9-11-18/h8-11,14-16,19H,6-7,12-13H2,1-5H3,(H,21,23)/t16-/m1/s1. The highest BCUT2D eigenvalue weighted by atomic mass is 32.2. The molecule has 2 rings (SSSR count). The summed E-state index contributed by atoms with van der Waals surface area (Å²) < 4.78 is 32.4. The van der Waals surface area contributed by atoms with Crippen LogP contribution < -0.4 is 10.1 Å². The molecule has 0 unspecified atom stereocenters. The molecule has 1 atom stereocenters. The average Bonchev–Trinajstić information content (AvgIpc) is 2.65. The van der Waals surface area contributed by atoms with E-state index in [4.69, 9.17) is 4.74 Å². The highest BCUT2D eigenvalue weighted by Crippen LogP contribution is 2.25. The van der Waals surface area contributed by atoms with Gasteiger partial charge in [0, 0.05) is 19.1 Å². The van der Waals surface area contributed by atoms with Crippen molar-refractivity contribution in [1.82, 2.24) is 9.62 Å². The number of carbonyl (C=O) groups is 1. The summed E-state index contributed by atoms with van der Waals surface area (Å²) in [7, 11) is -2.08. The molecule has 27 heavy (non-hydrogen) atoms. The number of ether oxygens (including phenoxy) is 1. The van der Waals surface area contributed by atoms with Crippen molar-refractivity contribution in [3.05, 3.63) is 24.3 Å². The van der Waals surface area contributed by atoms with Crippen LogP contribution in [-0.2, 0) is 14.8 Å². The van der Waals surface area contributed by atoms with E-state index in [2.05, 4.69) is 33.0 Å². The zero-order valence-electron chi connectivity index (χ0n) is 16.9. The van der Waals surface area contributed by atoms with Gasteiger partial charge in [-0.25, -0.2) is 8.42 Å². The Morgan fingerprint density at radius 2 is 1.74 bits per heavy atom. The van der Waals surface area contributed by atoms with Crippen LogP contribution in [-0.4, -0.2) is 44.9 Å². The molecule has 0 aromatic heterocycles. The molecule has 0 aliphatic carbocycles. The molecule has 1 saturated heterocycles. The molecule has 0 saturated carbocycles.